The standard InChI is InChI=1S/C23H18Cl2N2O4S/c24-16-6-5-13(11-17(16)25)26-22(30)27-9-7-23(8-10-27)12-32-21-19(29)18(28)14-3-1-2-4-15(14)20(21)31-23/h1-6,11H,7-10,12H2,(H,26,30). The van der Waals surface area contributed by atoms with Crippen LogP contribution in [0.2, 0.25) is 10.0 Å². The van der Waals surface area contributed by atoms with Gasteiger partial charge in [0.05, 0.1) is 10.0 Å². The Morgan fingerprint density at radius 1 is 1.00 bits per heavy atom. The monoisotopic (exact) mass is 488 g/mol. The fraction of sp³-hybridized carbons (Fsp3) is 0.261. The van der Waals surface area contributed by atoms with Crippen LogP contribution in [0.4, 0.5) is 10.5 Å². The molecule has 2 aromatic carbocycles. The third-order valence-corrected chi connectivity index (χ3v) is 8.03. The van der Waals surface area contributed by atoms with E-state index in [2.05, 4.69) is 5.32 Å². The number of rotatable bonds is 1. The first-order chi connectivity index (χ1) is 15.4. The Morgan fingerprint density at radius 2 is 1.72 bits per heavy atom. The van der Waals surface area contributed by atoms with E-state index in [0.717, 1.165) is 0 Å². The number of hydrogen-bond donors (Lipinski definition) is 1. The number of allylic oxidation sites excluding steroid dienone is 1. The average molecular weight is 489 g/mol. The van der Waals surface area contributed by atoms with Gasteiger partial charge in [-0.05, 0) is 18.2 Å². The van der Waals surface area contributed by atoms with E-state index < -0.39 is 17.2 Å². The lowest BCUT2D eigenvalue weighted by atomic mass is 9.90. The Balaban J connectivity index is 1.30. The summed E-state index contributed by atoms with van der Waals surface area (Å²) < 4.78 is 6.43. The van der Waals surface area contributed by atoms with E-state index in [0.29, 0.717) is 69.2 Å². The third-order valence-electron chi connectivity index (χ3n) is 5.97. The van der Waals surface area contributed by atoms with Gasteiger partial charge in [-0.25, -0.2) is 4.79 Å². The number of Topliss-reactive ketones (excluding diaryl/α,β-unsaturated/α-hetero) is 2. The van der Waals surface area contributed by atoms with Gasteiger partial charge in [0.2, 0.25) is 11.6 Å². The summed E-state index contributed by atoms with van der Waals surface area (Å²) in [7, 11) is 0. The van der Waals surface area contributed by atoms with Crippen LogP contribution in [-0.4, -0.2) is 46.9 Å². The van der Waals surface area contributed by atoms with Crippen LogP contribution < -0.4 is 5.32 Å². The van der Waals surface area contributed by atoms with Crippen molar-refractivity contribution in [1.82, 2.24) is 4.90 Å². The van der Waals surface area contributed by atoms with Gasteiger partial charge in [0, 0.05) is 48.5 Å². The summed E-state index contributed by atoms with van der Waals surface area (Å²) in [6, 6.07) is 11.8. The van der Waals surface area contributed by atoms with Crippen molar-refractivity contribution < 1.29 is 19.1 Å². The van der Waals surface area contributed by atoms with Crippen molar-refractivity contribution in [3.63, 3.8) is 0 Å². The summed E-state index contributed by atoms with van der Waals surface area (Å²) in [6.07, 6.45) is 1.24. The van der Waals surface area contributed by atoms with Crippen LogP contribution in [-0.2, 0) is 9.53 Å². The van der Waals surface area contributed by atoms with Gasteiger partial charge in [-0.2, -0.15) is 0 Å². The number of likely N-dealkylation sites (tertiary alicyclic amines) is 1. The summed E-state index contributed by atoms with van der Waals surface area (Å²) in [6.45, 7) is 1.01. The van der Waals surface area contributed by atoms with E-state index in [4.69, 9.17) is 27.9 Å². The smallest absolute Gasteiger partial charge is 0.321 e. The molecule has 3 aliphatic rings. The molecule has 164 valence electrons. The molecule has 0 bridgehead atoms. The van der Waals surface area contributed by atoms with E-state index in [1.165, 1.54) is 11.8 Å². The number of anilines is 1. The highest BCUT2D eigenvalue weighted by molar-refractivity contribution is 8.04. The number of fused-ring (bicyclic) bond motifs is 2. The maximum Gasteiger partial charge on any atom is 0.321 e. The molecule has 2 aromatic rings. The van der Waals surface area contributed by atoms with Gasteiger partial charge in [0.15, 0.2) is 0 Å². The molecule has 0 aromatic heterocycles. The molecule has 1 spiro atoms. The van der Waals surface area contributed by atoms with Crippen molar-refractivity contribution in [3.8, 4) is 0 Å². The van der Waals surface area contributed by atoms with Crippen LogP contribution in [0.25, 0.3) is 5.76 Å². The summed E-state index contributed by atoms with van der Waals surface area (Å²) in [5.41, 5.74) is 1.13. The highest BCUT2D eigenvalue weighted by Crippen LogP contribution is 2.47. The molecule has 2 heterocycles. The number of carbonyl (C=O) groups is 3. The molecule has 1 fully saturated rings. The Bertz CT molecular complexity index is 1190. The van der Waals surface area contributed by atoms with E-state index >= 15 is 0 Å². The summed E-state index contributed by atoms with van der Waals surface area (Å²) in [4.78, 5) is 39.8. The van der Waals surface area contributed by atoms with Crippen molar-refractivity contribution in [2.24, 2.45) is 0 Å². The fourth-order valence-corrected chi connectivity index (χ4v) is 5.71. The van der Waals surface area contributed by atoms with Gasteiger partial charge in [-0.15, -0.1) is 11.8 Å². The molecule has 1 saturated heterocycles. The minimum atomic E-state index is -0.503. The topological polar surface area (TPSA) is 75.7 Å². The highest BCUT2D eigenvalue weighted by Gasteiger charge is 2.46. The first kappa shape index (κ1) is 21.4. The molecule has 6 nitrogen and oxygen atoms in total. The number of carbonyl (C=O) groups excluding carboxylic acids is 3. The molecule has 0 radical (unpaired) electrons. The van der Waals surface area contributed by atoms with Crippen LogP contribution in [0.5, 0.6) is 0 Å². The Labute approximate surface area is 198 Å². The number of urea groups is 1. The normalized spacial score (nSPS) is 19.4. The number of ketones is 2. The Hall–Kier alpha value is -2.48. The van der Waals surface area contributed by atoms with Crippen molar-refractivity contribution in [1.29, 1.82) is 0 Å². The zero-order valence-electron chi connectivity index (χ0n) is 16.8. The van der Waals surface area contributed by atoms with Gasteiger partial charge in [-0.1, -0.05) is 47.5 Å². The summed E-state index contributed by atoms with van der Waals surface area (Å²) in [5.74, 6) is 0.0715. The molecule has 1 aliphatic carbocycles. The lowest BCUT2D eigenvalue weighted by Gasteiger charge is -2.45. The Kier molecular flexibility index (Phi) is 5.43. The maximum absolute atomic E-state index is 12.7. The number of hydrogen-bond acceptors (Lipinski definition) is 5. The van der Waals surface area contributed by atoms with Crippen LogP contribution in [0.15, 0.2) is 47.4 Å². The van der Waals surface area contributed by atoms with Crippen molar-refractivity contribution in [3.05, 3.63) is 68.5 Å². The largest absolute Gasteiger partial charge is 0.484 e. The highest BCUT2D eigenvalue weighted by atomic mass is 35.5. The fourth-order valence-electron chi connectivity index (χ4n) is 4.15. The van der Waals surface area contributed by atoms with Crippen LogP contribution in [0, 0.1) is 0 Å². The van der Waals surface area contributed by atoms with Gasteiger partial charge >= 0.3 is 6.03 Å². The van der Waals surface area contributed by atoms with Crippen molar-refractivity contribution in [2.75, 3.05) is 24.2 Å². The first-order valence-electron chi connectivity index (χ1n) is 10.1. The summed E-state index contributed by atoms with van der Waals surface area (Å²) >= 11 is 13.3. The van der Waals surface area contributed by atoms with Crippen LogP contribution in [0.3, 0.4) is 0 Å². The predicted molar refractivity (Wildman–Crippen MR) is 125 cm³/mol. The molecule has 32 heavy (non-hydrogen) atoms. The molecule has 5 rings (SSSR count). The number of halogens is 2. The number of amides is 2. The van der Waals surface area contributed by atoms with E-state index in [1.54, 1.807) is 35.2 Å². The second kappa shape index (κ2) is 8.14. The lowest BCUT2D eigenvalue weighted by Crippen LogP contribution is -2.51. The quantitative estimate of drug-likeness (QED) is 0.554. The minimum absolute atomic E-state index is 0.217. The van der Waals surface area contributed by atoms with E-state index in [1.807, 2.05) is 12.1 Å². The van der Waals surface area contributed by atoms with Crippen LogP contribution in [0.1, 0.15) is 28.8 Å². The molecule has 0 saturated carbocycles. The molecular formula is C23H18Cl2N2O4S. The summed E-state index contributed by atoms with van der Waals surface area (Å²) in [5, 5.41) is 3.65. The van der Waals surface area contributed by atoms with Crippen molar-refractivity contribution >= 4 is 64.0 Å². The van der Waals surface area contributed by atoms with Crippen LogP contribution >= 0.6 is 35.0 Å². The lowest BCUT2D eigenvalue weighted by molar-refractivity contribution is -0.111. The zero-order valence-corrected chi connectivity index (χ0v) is 19.1. The van der Waals surface area contributed by atoms with E-state index in [-0.39, 0.29) is 6.03 Å². The number of ether oxygens (including phenoxy) is 1. The van der Waals surface area contributed by atoms with Gasteiger partial charge in [0.1, 0.15) is 16.3 Å². The molecule has 2 amide bonds. The number of nitrogens with one attached hydrogen (secondary N) is 1. The SMILES string of the molecule is O=C1C(=O)c2ccccc2C2=C1SCC1(CCN(C(=O)Nc3ccc(Cl)c(Cl)c3)CC1)O2. The molecule has 9 heteroatoms. The number of piperidine rings is 1. The number of nitrogens with zero attached hydrogens (tertiary/aromatic N) is 1. The second-order valence-corrected chi connectivity index (χ2v) is 9.78. The Morgan fingerprint density at radius 3 is 2.44 bits per heavy atom. The molecule has 2 aliphatic heterocycles. The molecule has 0 atom stereocenters. The molecular weight excluding hydrogens is 471 g/mol. The third kappa shape index (κ3) is 3.68. The second-order valence-electron chi connectivity index (χ2n) is 7.98. The number of thioether (sulfide) groups is 1. The van der Waals surface area contributed by atoms with Gasteiger partial charge in [0.25, 0.3) is 0 Å². The van der Waals surface area contributed by atoms with Gasteiger partial charge in [-0.3, -0.25) is 9.59 Å². The number of benzene rings is 2. The minimum Gasteiger partial charge on any atom is -0.484 e. The first-order valence-corrected chi connectivity index (χ1v) is 11.9. The maximum atomic E-state index is 12.7. The zero-order chi connectivity index (χ0) is 22.5. The molecule has 0 unspecified atom stereocenters. The van der Waals surface area contributed by atoms with E-state index in [9.17, 15) is 14.4 Å². The average Bonchev–Trinajstić information content (AvgIpc) is 2.80. The predicted octanol–water partition coefficient (Wildman–Crippen LogP) is 5.26. The van der Waals surface area contributed by atoms with Crippen molar-refractivity contribution in [2.45, 2.75) is 18.4 Å². The molecule has 1 N–H and O–H groups in total. The van der Waals surface area contributed by atoms with Gasteiger partial charge < -0.3 is 15.0 Å².